The maximum atomic E-state index is 12.8. The summed E-state index contributed by atoms with van der Waals surface area (Å²) < 4.78 is 28.9. The van der Waals surface area contributed by atoms with Gasteiger partial charge in [-0.2, -0.15) is 0 Å². The highest BCUT2D eigenvalue weighted by Crippen LogP contribution is 2.41. The van der Waals surface area contributed by atoms with Crippen molar-refractivity contribution in [2.75, 3.05) is 39.1 Å². The summed E-state index contributed by atoms with van der Waals surface area (Å²) in [7, 11) is -3.45. The zero-order chi connectivity index (χ0) is 17.7. The first-order valence-electron chi connectivity index (χ1n) is 9.12. The number of ether oxygens (including phenoxy) is 1. The van der Waals surface area contributed by atoms with Gasteiger partial charge in [0.15, 0.2) is 14.6 Å². The van der Waals surface area contributed by atoms with Gasteiger partial charge in [-0.15, -0.1) is 12.4 Å². The van der Waals surface area contributed by atoms with E-state index in [2.05, 4.69) is 10.6 Å². The lowest BCUT2D eigenvalue weighted by molar-refractivity contribution is -0.125. The number of rotatable bonds is 8. The zero-order valence-electron chi connectivity index (χ0n) is 15.4. The fourth-order valence-electron chi connectivity index (χ4n) is 4.10. The summed E-state index contributed by atoms with van der Waals surface area (Å²) in [6, 6.07) is 0. The predicted molar refractivity (Wildman–Crippen MR) is 102 cm³/mol. The third kappa shape index (κ3) is 5.31. The van der Waals surface area contributed by atoms with Gasteiger partial charge in [0.1, 0.15) is 0 Å². The van der Waals surface area contributed by atoms with Gasteiger partial charge in [0.25, 0.3) is 0 Å². The van der Waals surface area contributed by atoms with Crippen molar-refractivity contribution in [2.24, 2.45) is 5.41 Å². The second-order valence-corrected chi connectivity index (χ2v) is 9.68. The maximum Gasteiger partial charge on any atom is 0.241 e. The Labute approximate surface area is 158 Å². The molecular weight excluding hydrogens is 364 g/mol. The molecule has 148 valence electrons. The van der Waals surface area contributed by atoms with Crippen LogP contribution in [0.3, 0.4) is 0 Å². The second-order valence-electron chi connectivity index (χ2n) is 7.35. The van der Waals surface area contributed by atoms with Crippen molar-refractivity contribution in [3.63, 3.8) is 0 Å². The first-order chi connectivity index (χ1) is 11.4. The van der Waals surface area contributed by atoms with Gasteiger partial charge >= 0.3 is 0 Å². The lowest BCUT2D eigenvalue weighted by Crippen LogP contribution is -2.58. The molecule has 1 heterocycles. The van der Waals surface area contributed by atoms with Crippen molar-refractivity contribution in [3.8, 4) is 0 Å². The Morgan fingerprint density at radius 2 is 1.76 bits per heavy atom. The molecule has 0 aromatic heterocycles. The highest BCUT2D eigenvalue weighted by molar-refractivity contribution is 7.92. The maximum absolute atomic E-state index is 12.8. The van der Waals surface area contributed by atoms with E-state index in [4.69, 9.17) is 4.74 Å². The van der Waals surface area contributed by atoms with Gasteiger partial charge in [-0.1, -0.05) is 12.8 Å². The van der Waals surface area contributed by atoms with Crippen LogP contribution in [0.15, 0.2) is 0 Å². The number of carbonyl (C=O) groups is 1. The molecular formula is C17H33ClN2O4S. The number of amides is 1. The van der Waals surface area contributed by atoms with Crippen molar-refractivity contribution in [3.05, 3.63) is 0 Å². The molecule has 2 aliphatic rings. The van der Waals surface area contributed by atoms with Crippen LogP contribution in [0.25, 0.3) is 0 Å². The standard InChI is InChI=1S/C17H32N2O4S.ClH/c1-3-23-13-10-16(6-4-5-7-16)14-19-15(20)17(24(2,21)22)8-11-18-12-9-17;/h18H,3-14H2,1-2H3,(H,19,20);1H. The zero-order valence-corrected chi connectivity index (χ0v) is 17.1. The van der Waals surface area contributed by atoms with Gasteiger partial charge in [-0.25, -0.2) is 8.42 Å². The van der Waals surface area contributed by atoms with Crippen molar-refractivity contribution >= 4 is 28.2 Å². The van der Waals surface area contributed by atoms with Gasteiger partial charge in [-0.05, 0) is 57.5 Å². The molecule has 2 N–H and O–H groups in total. The minimum absolute atomic E-state index is 0. The Morgan fingerprint density at radius 1 is 1.16 bits per heavy atom. The molecule has 0 atom stereocenters. The molecule has 0 unspecified atom stereocenters. The molecule has 0 aromatic carbocycles. The molecule has 8 heteroatoms. The average molecular weight is 397 g/mol. The Kier molecular flexibility index (Phi) is 8.64. The molecule has 1 saturated heterocycles. The molecule has 1 amide bonds. The lowest BCUT2D eigenvalue weighted by Gasteiger charge is -2.36. The van der Waals surface area contributed by atoms with Crippen LogP contribution < -0.4 is 10.6 Å². The summed E-state index contributed by atoms with van der Waals surface area (Å²) in [6.45, 7) is 5.08. The first-order valence-corrected chi connectivity index (χ1v) is 11.0. The predicted octanol–water partition coefficient (Wildman–Crippen LogP) is 1.68. The van der Waals surface area contributed by atoms with E-state index in [-0.39, 0.29) is 23.7 Å². The van der Waals surface area contributed by atoms with Crippen LogP contribution in [-0.2, 0) is 19.4 Å². The molecule has 0 radical (unpaired) electrons. The second kappa shape index (κ2) is 9.53. The molecule has 0 aromatic rings. The van der Waals surface area contributed by atoms with Gasteiger partial charge in [0.2, 0.25) is 5.91 Å². The monoisotopic (exact) mass is 396 g/mol. The summed E-state index contributed by atoms with van der Waals surface area (Å²) in [5.74, 6) is -0.311. The van der Waals surface area contributed by atoms with Crippen LogP contribution in [-0.4, -0.2) is 58.2 Å². The molecule has 6 nitrogen and oxygen atoms in total. The highest BCUT2D eigenvalue weighted by atomic mass is 35.5. The van der Waals surface area contributed by atoms with Gasteiger partial charge in [0.05, 0.1) is 0 Å². The molecule has 25 heavy (non-hydrogen) atoms. The van der Waals surface area contributed by atoms with E-state index in [1.54, 1.807) is 0 Å². The molecule has 2 rings (SSSR count). The molecule has 0 spiro atoms. The summed E-state index contributed by atoms with van der Waals surface area (Å²) in [4.78, 5) is 12.8. The van der Waals surface area contributed by atoms with Crippen LogP contribution in [0.5, 0.6) is 0 Å². The van der Waals surface area contributed by atoms with Crippen molar-refractivity contribution in [1.29, 1.82) is 0 Å². The minimum atomic E-state index is -3.45. The summed E-state index contributed by atoms with van der Waals surface area (Å²) in [5.41, 5.74) is 0.0659. The molecule has 1 aliphatic carbocycles. The molecule has 0 bridgehead atoms. The first kappa shape index (κ1) is 22.7. The molecule has 2 fully saturated rings. The quantitative estimate of drug-likeness (QED) is 0.610. The third-order valence-corrected chi connectivity index (χ3v) is 7.82. The number of halogens is 1. The third-order valence-electron chi connectivity index (χ3n) is 5.80. The topological polar surface area (TPSA) is 84.5 Å². The SMILES string of the molecule is CCOCCC1(CNC(=O)C2(S(C)(=O)=O)CCNCC2)CCCC1.Cl. The molecule has 1 aliphatic heterocycles. The van der Waals surface area contributed by atoms with E-state index in [1.807, 2.05) is 6.92 Å². The van der Waals surface area contributed by atoms with Crippen molar-refractivity contribution < 1.29 is 17.9 Å². The highest BCUT2D eigenvalue weighted by Gasteiger charge is 2.49. The number of piperidine rings is 1. The number of hydrogen-bond acceptors (Lipinski definition) is 5. The van der Waals surface area contributed by atoms with E-state index < -0.39 is 14.6 Å². The Hall–Kier alpha value is -0.370. The van der Waals surface area contributed by atoms with E-state index in [0.29, 0.717) is 45.7 Å². The fraction of sp³-hybridized carbons (Fsp3) is 0.941. The fourth-order valence-corrected chi connectivity index (χ4v) is 5.45. The van der Waals surface area contributed by atoms with Crippen LogP contribution in [0, 0.1) is 5.41 Å². The van der Waals surface area contributed by atoms with E-state index in [0.717, 1.165) is 19.3 Å². The number of nitrogens with one attached hydrogen (secondary N) is 2. The van der Waals surface area contributed by atoms with Gasteiger partial charge in [0, 0.05) is 26.0 Å². The number of hydrogen-bond donors (Lipinski definition) is 2. The summed E-state index contributed by atoms with van der Waals surface area (Å²) in [5, 5.41) is 6.15. The minimum Gasteiger partial charge on any atom is -0.382 e. The van der Waals surface area contributed by atoms with Crippen molar-refractivity contribution in [1.82, 2.24) is 10.6 Å². The van der Waals surface area contributed by atoms with Gasteiger partial charge in [-0.3, -0.25) is 4.79 Å². The van der Waals surface area contributed by atoms with E-state index >= 15 is 0 Å². The van der Waals surface area contributed by atoms with Crippen molar-refractivity contribution in [2.45, 2.75) is 56.6 Å². The Bertz CT molecular complexity index is 527. The number of carbonyl (C=O) groups excluding carboxylic acids is 1. The van der Waals surface area contributed by atoms with Crippen LogP contribution >= 0.6 is 12.4 Å². The summed E-state index contributed by atoms with van der Waals surface area (Å²) in [6.07, 6.45) is 7.31. The molecule has 1 saturated carbocycles. The summed E-state index contributed by atoms with van der Waals surface area (Å²) >= 11 is 0. The van der Waals surface area contributed by atoms with Gasteiger partial charge < -0.3 is 15.4 Å². The van der Waals surface area contributed by atoms with Crippen LogP contribution in [0.4, 0.5) is 0 Å². The average Bonchev–Trinajstić information content (AvgIpc) is 3.02. The Morgan fingerprint density at radius 3 is 2.28 bits per heavy atom. The normalized spacial score (nSPS) is 22.2. The number of sulfone groups is 1. The smallest absolute Gasteiger partial charge is 0.241 e. The van der Waals surface area contributed by atoms with Crippen LogP contribution in [0.2, 0.25) is 0 Å². The lowest BCUT2D eigenvalue weighted by atomic mass is 9.82. The largest absolute Gasteiger partial charge is 0.382 e. The van der Waals surface area contributed by atoms with Crippen LogP contribution in [0.1, 0.15) is 51.9 Å². The van der Waals surface area contributed by atoms with E-state index in [1.165, 1.54) is 19.1 Å². The van der Waals surface area contributed by atoms with E-state index in [9.17, 15) is 13.2 Å². The Balaban J connectivity index is 0.00000312.